The highest BCUT2D eigenvalue weighted by Gasteiger charge is 2.27. The maximum absolute atomic E-state index is 5.15. The number of aromatic nitrogens is 1. The lowest BCUT2D eigenvalue weighted by Crippen LogP contribution is -2.10. The minimum Gasteiger partial charge on any atom is -0.310 e. The maximum atomic E-state index is 5.15. The molecule has 1 heterocycles. The number of anilines is 3. The van der Waals surface area contributed by atoms with E-state index in [1.807, 2.05) is 0 Å². The topological polar surface area (TPSA) is 16.1 Å². The van der Waals surface area contributed by atoms with Crippen molar-refractivity contribution in [3.63, 3.8) is 0 Å². The highest BCUT2D eigenvalue weighted by atomic mass is 32.1. The van der Waals surface area contributed by atoms with E-state index in [-0.39, 0.29) is 0 Å². The Hall–Kier alpha value is -6.29. The molecule has 0 spiro atoms. The lowest BCUT2D eigenvalue weighted by atomic mass is 9.94. The average Bonchev–Trinajstić information content (AvgIpc) is 3.76. The minimum absolute atomic E-state index is 1.07. The number of nitrogens with zero attached hydrogens (tertiary/aromatic N) is 2. The van der Waals surface area contributed by atoms with E-state index in [9.17, 15) is 0 Å². The quantitative estimate of drug-likeness (QED) is 0.177. The molecule has 0 radical (unpaired) electrons. The van der Waals surface area contributed by atoms with Crippen LogP contribution in [-0.4, -0.2) is 4.98 Å². The van der Waals surface area contributed by atoms with Crippen molar-refractivity contribution in [1.29, 1.82) is 0 Å². The van der Waals surface area contributed by atoms with Crippen LogP contribution in [0.3, 0.4) is 0 Å². The van der Waals surface area contributed by atoms with E-state index in [0.29, 0.717) is 0 Å². The van der Waals surface area contributed by atoms with E-state index in [0.717, 1.165) is 27.8 Å². The molecule has 0 saturated carbocycles. The molecule has 0 aliphatic heterocycles. The summed E-state index contributed by atoms with van der Waals surface area (Å²) < 4.78 is 0. The highest BCUT2D eigenvalue weighted by molar-refractivity contribution is 7.19. The van der Waals surface area contributed by atoms with Gasteiger partial charge in [-0.05, 0) is 63.4 Å². The van der Waals surface area contributed by atoms with Crippen LogP contribution < -0.4 is 4.90 Å². The third-order valence-electron chi connectivity index (χ3n) is 9.86. The Morgan fingerprint density at radius 2 is 0.980 bits per heavy atom. The molecule has 10 rings (SSSR count). The molecule has 0 N–H and O–H groups in total. The van der Waals surface area contributed by atoms with Gasteiger partial charge in [0.1, 0.15) is 5.01 Å². The zero-order chi connectivity index (χ0) is 33.0. The zero-order valence-electron chi connectivity index (χ0n) is 27.1. The van der Waals surface area contributed by atoms with Crippen LogP contribution in [0.15, 0.2) is 182 Å². The van der Waals surface area contributed by atoms with Gasteiger partial charge in [-0.15, -0.1) is 11.3 Å². The molecule has 2 nitrogen and oxygen atoms in total. The molecule has 1 aliphatic rings. The predicted molar refractivity (Wildman–Crippen MR) is 213 cm³/mol. The van der Waals surface area contributed by atoms with Gasteiger partial charge in [0, 0.05) is 38.8 Å². The van der Waals surface area contributed by atoms with Crippen molar-refractivity contribution in [1.82, 2.24) is 4.98 Å². The normalized spacial score (nSPS) is 11.6. The number of fused-ring (bicyclic) bond motifs is 4. The Kier molecular flexibility index (Phi) is 6.71. The largest absolute Gasteiger partial charge is 0.310 e. The third-order valence-corrected chi connectivity index (χ3v) is 11.0. The summed E-state index contributed by atoms with van der Waals surface area (Å²) in [6.07, 6.45) is 0. The molecular formula is C47H30N2S. The molecule has 3 heteroatoms. The first-order valence-corrected chi connectivity index (χ1v) is 17.8. The van der Waals surface area contributed by atoms with Gasteiger partial charge in [0.05, 0.1) is 16.3 Å². The number of rotatable bonds is 6. The van der Waals surface area contributed by atoms with Crippen LogP contribution >= 0.6 is 11.3 Å². The lowest BCUT2D eigenvalue weighted by Gasteiger charge is -2.27. The fraction of sp³-hybridized carbons (Fsp3) is 0. The maximum Gasteiger partial charge on any atom is 0.124 e. The van der Waals surface area contributed by atoms with E-state index in [2.05, 4.69) is 187 Å². The van der Waals surface area contributed by atoms with Gasteiger partial charge in [0.2, 0.25) is 0 Å². The van der Waals surface area contributed by atoms with Gasteiger partial charge in [-0.2, -0.15) is 0 Å². The summed E-state index contributed by atoms with van der Waals surface area (Å²) in [6, 6.07) is 65.5. The van der Waals surface area contributed by atoms with Crippen molar-refractivity contribution in [3.05, 3.63) is 182 Å². The van der Waals surface area contributed by atoms with Gasteiger partial charge in [-0.25, -0.2) is 4.98 Å². The second kappa shape index (κ2) is 11.7. The summed E-state index contributed by atoms with van der Waals surface area (Å²) in [6.45, 7) is 0. The minimum atomic E-state index is 1.07. The summed E-state index contributed by atoms with van der Waals surface area (Å²) in [5, 5.41) is 6.08. The van der Waals surface area contributed by atoms with Crippen LogP contribution in [0.5, 0.6) is 0 Å². The molecule has 0 saturated heterocycles. The summed E-state index contributed by atoms with van der Waals surface area (Å²) in [5.74, 6) is 0. The second-order valence-corrected chi connectivity index (χ2v) is 13.7. The molecule has 9 aromatic rings. The fourth-order valence-corrected chi connectivity index (χ4v) is 8.61. The molecule has 50 heavy (non-hydrogen) atoms. The van der Waals surface area contributed by atoms with E-state index >= 15 is 0 Å². The number of thiazole rings is 1. The van der Waals surface area contributed by atoms with Crippen LogP contribution in [0.2, 0.25) is 0 Å². The van der Waals surface area contributed by atoms with Crippen LogP contribution in [0.25, 0.3) is 76.1 Å². The van der Waals surface area contributed by atoms with Gasteiger partial charge in [-0.3, -0.25) is 0 Å². The van der Waals surface area contributed by atoms with Gasteiger partial charge >= 0.3 is 0 Å². The van der Waals surface area contributed by atoms with E-state index in [1.54, 1.807) is 11.3 Å². The van der Waals surface area contributed by atoms with Crippen LogP contribution in [0.1, 0.15) is 0 Å². The van der Waals surface area contributed by atoms with E-state index in [4.69, 9.17) is 4.98 Å². The van der Waals surface area contributed by atoms with Crippen molar-refractivity contribution in [2.75, 3.05) is 4.90 Å². The zero-order valence-corrected chi connectivity index (χ0v) is 27.9. The molecule has 1 aromatic heterocycles. The Labute approximate surface area is 295 Å². The molecule has 234 valence electrons. The van der Waals surface area contributed by atoms with Crippen molar-refractivity contribution < 1.29 is 0 Å². The first-order chi connectivity index (χ1) is 24.8. The number of hydrogen-bond acceptors (Lipinski definition) is 3. The second-order valence-electron chi connectivity index (χ2n) is 12.7. The van der Waals surface area contributed by atoms with Crippen molar-refractivity contribution in [2.45, 2.75) is 0 Å². The molecule has 0 fully saturated rings. The molecule has 0 unspecified atom stereocenters. The van der Waals surface area contributed by atoms with Crippen LogP contribution in [-0.2, 0) is 0 Å². The molecule has 1 aliphatic carbocycles. The smallest absolute Gasteiger partial charge is 0.124 e. The Morgan fingerprint density at radius 3 is 1.74 bits per heavy atom. The van der Waals surface area contributed by atoms with E-state index in [1.165, 1.54) is 65.4 Å². The fourth-order valence-electron chi connectivity index (χ4n) is 7.49. The summed E-state index contributed by atoms with van der Waals surface area (Å²) in [4.78, 5) is 8.79. The van der Waals surface area contributed by atoms with Crippen molar-refractivity contribution in [3.8, 4) is 54.5 Å². The Bertz CT molecular complexity index is 2640. The summed E-state index contributed by atoms with van der Waals surface area (Å²) in [7, 11) is 0. The van der Waals surface area contributed by atoms with Gasteiger partial charge < -0.3 is 4.90 Å². The first kappa shape index (κ1) is 28.7. The number of hydrogen-bond donors (Lipinski definition) is 0. The number of benzene rings is 8. The molecule has 8 aromatic carbocycles. The van der Waals surface area contributed by atoms with Gasteiger partial charge in [0.25, 0.3) is 0 Å². The molecule has 0 atom stereocenters. The summed E-state index contributed by atoms with van der Waals surface area (Å²) in [5.41, 5.74) is 13.0. The van der Waals surface area contributed by atoms with Crippen molar-refractivity contribution in [2.24, 2.45) is 0 Å². The van der Waals surface area contributed by atoms with Gasteiger partial charge in [-0.1, -0.05) is 152 Å². The highest BCUT2D eigenvalue weighted by Crippen LogP contribution is 2.52. The Morgan fingerprint density at radius 1 is 0.400 bits per heavy atom. The predicted octanol–water partition coefficient (Wildman–Crippen LogP) is 13.6. The van der Waals surface area contributed by atoms with Gasteiger partial charge in [0.15, 0.2) is 0 Å². The van der Waals surface area contributed by atoms with Crippen molar-refractivity contribution >= 4 is 49.9 Å². The molecular weight excluding hydrogens is 625 g/mol. The molecule has 0 amide bonds. The van der Waals surface area contributed by atoms with E-state index < -0.39 is 0 Å². The monoisotopic (exact) mass is 654 g/mol. The van der Waals surface area contributed by atoms with Crippen LogP contribution in [0, 0.1) is 0 Å². The van der Waals surface area contributed by atoms with Crippen LogP contribution in [0.4, 0.5) is 17.1 Å². The third kappa shape index (κ3) is 4.67. The SMILES string of the molecule is c1ccc(-c2ccc(N(c3ccc(-c4ccc5c6c(cccc46)-c4sc(-c6ccccc6)nc4-5)cc3)c3cccc4ccccc34)cc2)cc1. The molecule has 0 bridgehead atoms. The first-order valence-electron chi connectivity index (χ1n) is 17.0. The lowest BCUT2D eigenvalue weighted by molar-refractivity contribution is 1.30. The Balaban J connectivity index is 1.06. The summed E-state index contributed by atoms with van der Waals surface area (Å²) >= 11 is 1.79. The standard InChI is InChI=1S/C47H30N2S/c1-3-11-31(12-4-1)32-21-25-36(26-22-32)49(43-20-9-16-33-13-7-8-17-39(33)43)37-27-23-34(24-28-37)38-29-30-41-44-40(38)18-10-19-42(44)46-45(41)48-47(50-46)35-14-5-2-6-15-35/h1-30H. The average molecular weight is 655 g/mol.